The molecule has 2 atom stereocenters. The Bertz CT molecular complexity index is 208. The predicted octanol–water partition coefficient (Wildman–Crippen LogP) is 1.84. The van der Waals surface area contributed by atoms with Gasteiger partial charge in [0.25, 0.3) is 0 Å². The van der Waals surface area contributed by atoms with Crippen LogP contribution >= 0.6 is 0 Å². The fourth-order valence-corrected chi connectivity index (χ4v) is 2.22. The first-order valence-corrected chi connectivity index (χ1v) is 7.06. The van der Waals surface area contributed by atoms with Gasteiger partial charge in [0.15, 0.2) is 0 Å². The summed E-state index contributed by atoms with van der Waals surface area (Å²) in [6, 6.07) is 1.33. The SMILES string of the molecule is CC(CC1CCCCN1)NCC(C)(C)N(C)C. The number of nitrogens with zero attached hydrogens (tertiary/aromatic N) is 1. The molecular formula is C14H31N3. The van der Waals surface area contributed by atoms with Gasteiger partial charge in [0, 0.05) is 24.2 Å². The van der Waals surface area contributed by atoms with Crippen LogP contribution in [0.1, 0.15) is 46.5 Å². The van der Waals surface area contributed by atoms with Crippen LogP contribution in [0, 0.1) is 0 Å². The molecule has 1 aliphatic rings. The van der Waals surface area contributed by atoms with Crippen LogP contribution in [0.25, 0.3) is 0 Å². The summed E-state index contributed by atoms with van der Waals surface area (Å²) in [6.45, 7) is 9.13. The van der Waals surface area contributed by atoms with Gasteiger partial charge >= 0.3 is 0 Å². The third-order valence-corrected chi connectivity index (χ3v) is 4.14. The van der Waals surface area contributed by atoms with Crippen molar-refractivity contribution in [2.45, 2.75) is 64.1 Å². The van der Waals surface area contributed by atoms with Gasteiger partial charge in [0.1, 0.15) is 0 Å². The minimum Gasteiger partial charge on any atom is -0.314 e. The van der Waals surface area contributed by atoms with Crippen molar-refractivity contribution in [2.75, 3.05) is 27.2 Å². The van der Waals surface area contributed by atoms with Crippen molar-refractivity contribution in [2.24, 2.45) is 0 Å². The molecule has 0 amide bonds. The Morgan fingerprint density at radius 1 is 1.35 bits per heavy atom. The average Bonchev–Trinajstić information content (AvgIpc) is 2.28. The summed E-state index contributed by atoms with van der Waals surface area (Å²) in [7, 11) is 4.30. The second kappa shape index (κ2) is 6.72. The molecule has 0 saturated carbocycles. The Hall–Kier alpha value is -0.120. The van der Waals surface area contributed by atoms with E-state index in [-0.39, 0.29) is 5.54 Å². The first-order valence-electron chi connectivity index (χ1n) is 7.06. The lowest BCUT2D eigenvalue weighted by atomic mass is 9.98. The van der Waals surface area contributed by atoms with Gasteiger partial charge in [-0.1, -0.05) is 6.42 Å². The Morgan fingerprint density at radius 2 is 2.06 bits per heavy atom. The monoisotopic (exact) mass is 241 g/mol. The smallest absolute Gasteiger partial charge is 0.0271 e. The normalized spacial score (nSPS) is 24.0. The van der Waals surface area contributed by atoms with E-state index in [0.717, 1.165) is 12.6 Å². The van der Waals surface area contributed by atoms with Crippen LogP contribution in [-0.4, -0.2) is 49.7 Å². The highest BCUT2D eigenvalue weighted by atomic mass is 15.2. The molecule has 1 aliphatic heterocycles. The first-order chi connectivity index (χ1) is 7.92. The molecule has 0 aromatic heterocycles. The average molecular weight is 241 g/mol. The standard InChI is InChI=1S/C14H31N3/c1-12(10-13-8-6-7-9-15-13)16-11-14(2,3)17(4)5/h12-13,15-16H,6-11H2,1-5H3. The van der Waals surface area contributed by atoms with Crippen LogP contribution in [0.15, 0.2) is 0 Å². The highest BCUT2D eigenvalue weighted by molar-refractivity contribution is 4.83. The zero-order valence-electron chi connectivity index (χ0n) is 12.3. The van der Waals surface area contributed by atoms with Crippen molar-refractivity contribution in [1.82, 2.24) is 15.5 Å². The largest absolute Gasteiger partial charge is 0.314 e. The Balaban J connectivity index is 2.22. The maximum absolute atomic E-state index is 3.67. The summed E-state index contributed by atoms with van der Waals surface area (Å²) in [5.74, 6) is 0. The summed E-state index contributed by atoms with van der Waals surface area (Å²) in [6.07, 6.45) is 5.35. The molecule has 0 radical (unpaired) electrons. The molecule has 3 heteroatoms. The van der Waals surface area contributed by atoms with Gasteiger partial charge in [-0.05, 0) is 60.7 Å². The molecule has 1 fully saturated rings. The fourth-order valence-electron chi connectivity index (χ4n) is 2.22. The number of nitrogens with one attached hydrogen (secondary N) is 2. The van der Waals surface area contributed by atoms with Gasteiger partial charge in [0.2, 0.25) is 0 Å². The Labute approximate surface area is 107 Å². The van der Waals surface area contributed by atoms with Crippen molar-refractivity contribution >= 4 is 0 Å². The maximum Gasteiger partial charge on any atom is 0.0271 e. The summed E-state index contributed by atoms with van der Waals surface area (Å²) < 4.78 is 0. The van der Waals surface area contributed by atoms with Crippen LogP contribution in [0.2, 0.25) is 0 Å². The van der Waals surface area contributed by atoms with E-state index in [1.54, 1.807) is 0 Å². The fraction of sp³-hybridized carbons (Fsp3) is 1.00. The van der Waals surface area contributed by atoms with Crippen LogP contribution in [0.5, 0.6) is 0 Å². The van der Waals surface area contributed by atoms with Crippen LogP contribution < -0.4 is 10.6 Å². The van der Waals surface area contributed by atoms with E-state index in [9.17, 15) is 0 Å². The highest BCUT2D eigenvalue weighted by Crippen LogP contribution is 2.13. The molecule has 0 aromatic carbocycles. The van der Waals surface area contributed by atoms with Crippen molar-refractivity contribution in [1.29, 1.82) is 0 Å². The number of likely N-dealkylation sites (N-methyl/N-ethyl adjacent to an activating group) is 1. The maximum atomic E-state index is 3.67. The molecule has 2 N–H and O–H groups in total. The second-order valence-corrected chi connectivity index (χ2v) is 6.37. The first kappa shape index (κ1) is 14.9. The van der Waals surface area contributed by atoms with Gasteiger partial charge in [-0.25, -0.2) is 0 Å². The van der Waals surface area contributed by atoms with Crippen LogP contribution in [0.4, 0.5) is 0 Å². The molecular weight excluding hydrogens is 210 g/mol. The molecule has 1 saturated heterocycles. The molecule has 0 spiro atoms. The van der Waals surface area contributed by atoms with Crippen LogP contribution in [-0.2, 0) is 0 Å². The van der Waals surface area contributed by atoms with Crippen molar-refractivity contribution < 1.29 is 0 Å². The zero-order chi connectivity index (χ0) is 12.9. The molecule has 0 aromatic rings. The summed E-state index contributed by atoms with van der Waals surface area (Å²) in [5, 5.41) is 7.29. The van der Waals surface area contributed by atoms with Crippen molar-refractivity contribution in [3.63, 3.8) is 0 Å². The quantitative estimate of drug-likeness (QED) is 0.743. The molecule has 1 heterocycles. The van der Waals surface area contributed by atoms with E-state index in [1.165, 1.54) is 32.2 Å². The molecule has 102 valence electrons. The minimum absolute atomic E-state index is 0.230. The summed E-state index contributed by atoms with van der Waals surface area (Å²) in [4.78, 5) is 2.28. The third-order valence-electron chi connectivity index (χ3n) is 4.14. The van der Waals surface area contributed by atoms with E-state index >= 15 is 0 Å². The van der Waals surface area contributed by atoms with Gasteiger partial charge < -0.3 is 15.5 Å². The molecule has 17 heavy (non-hydrogen) atoms. The van der Waals surface area contributed by atoms with Gasteiger partial charge in [-0.2, -0.15) is 0 Å². The van der Waals surface area contributed by atoms with E-state index in [1.807, 2.05) is 0 Å². The van der Waals surface area contributed by atoms with Crippen molar-refractivity contribution in [3.05, 3.63) is 0 Å². The van der Waals surface area contributed by atoms with E-state index in [0.29, 0.717) is 6.04 Å². The molecule has 0 bridgehead atoms. The van der Waals surface area contributed by atoms with Crippen molar-refractivity contribution in [3.8, 4) is 0 Å². The second-order valence-electron chi connectivity index (χ2n) is 6.37. The van der Waals surface area contributed by atoms with E-state index < -0.39 is 0 Å². The lowest BCUT2D eigenvalue weighted by Crippen LogP contribution is -2.50. The molecule has 3 nitrogen and oxygen atoms in total. The number of hydrogen-bond acceptors (Lipinski definition) is 3. The van der Waals surface area contributed by atoms with E-state index in [2.05, 4.69) is 50.4 Å². The Kier molecular flexibility index (Phi) is 5.90. The molecule has 2 unspecified atom stereocenters. The third kappa shape index (κ3) is 5.36. The minimum atomic E-state index is 0.230. The number of piperidine rings is 1. The molecule has 1 rings (SSSR count). The zero-order valence-corrected chi connectivity index (χ0v) is 12.3. The topological polar surface area (TPSA) is 27.3 Å². The van der Waals surface area contributed by atoms with Crippen LogP contribution in [0.3, 0.4) is 0 Å². The van der Waals surface area contributed by atoms with E-state index in [4.69, 9.17) is 0 Å². The highest BCUT2D eigenvalue weighted by Gasteiger charge is 2.22. The number of rotatable bonds is 6. The predicted molar refractivity (Wildman–Crippen MR) is 75.5 cm³/mol. The Morgan fingerprint density at radius 3 is 2.59 bits per heavy atom. The van der Waals surface area contributed by atoms with Gasteiger partial charge in [0.05, 0.1) is 0 Å². The van der Waals surface area contributed by atoms with Gasteiger partial charge in [-0.3, -0.25) is 0 Å². The lowest BCUT2D eigenvalue weighted by molar-refractivity contribution is 0.182. The van der Waals surface area contributed by atoms with Gasteiger partial charge in [-0.15, -0.1) is 0 Å². The molecule has 0 aliphatic carbocycles. The summed E-state index contributed by atoms with van der Waals surface area (Å²) in [5.41, 5.74) is 0.230. The summed E-state index contributed by atoms with van der Waals surface area (Å²) >= 11 is 0. The number of hydrogen-bond donors (Lipinski definition) is 2. The lowest BCUT2D eigenvalue weighted by Gasteiger charge is -2.35.